The maximum atomic E-state index is 5.31. The third-order valence-corrected chi connectivity index (χ3v) is 1.00. The first-order valence-electron chi connectivity index (χ1n) is 3.23. The van der Waals surface area contributed by atoms with E-state index >= 15 is 0 Å². The van der Waals surface area contributed by atoms with Crippen LogP contribution in [0.15, 0.2) is 0 Å². The van der Waals surface area contributed by atoms with Crippen molar-refractivity contribution in [2.24, 2.45) is 0 Å². The van der Waals surface area contributed by atoms with Crippen molar-refractivity contribution < 1.29 is 0 Å². The summed E-state index contributed by atoms with van der Waals surface area (Å²) in [5.41, 5.74) is 10.6. The number of aromatic nitrogens is 3. The lowest BCUT2D eigenvalue weighted by Gasteiger charge is -2.01. The number of nitrogens with two attached hydrogens (primary N) is 2. The van der Waals surface area contributed by atoms with E-state index in [0.717, 1.165) is 6.54 Å². The Bertz CT molecular complexity index is 226. The van der Waals surface area contributed by atoms with Gasteiger partial charge in [0.05, 0.1) is 0 Å². The highest BCUT2D eigenvalue weighted by atomic mass is 15.2. The normalized spacial score (nSPS) is 9.55. The first-order valence-corrected chi connectivity index (χ1v) is 3.23. The van der Waals surface area contributed by atoms with Gasteiger partial charge < -0.3 is 16.8 Å². The van der Waals surface area contributed by atoms with Crippen molar-refractivity contribution in [2.45, 2.75) is 6.92 Å². The highest BCUT2D eigenvalue weighted by molar-refractivity contribution is 5.36. The lowest BCUT2D eigenvalue weighted by atomic mass is 10.7. The summed E-state index contributed by atoms with van der Waals surface area (Å²) in [4.78, 5) is 11.2. The summed E-state index contributed by atoms with van der Waals surface area (Å²) in [6.07, 6.45) is 0. The van der Waals surface area contributed by atoms with Crippen LogP contribution in [0.5, 0.6) is 0 Å². The molecule has 6 nitrogen and oxygen atoms in total. The fourth-order valence-corrected chi connectivity index (χ4v) is 0.647. The Labute approximate surface area is 64.0 Å². The van der Waals surface area contributed by atoms with Crippen molar-refractivity contribution in [1.29, 1.82) is 0 Å². The molecule has 0 unspecified atom stereocenters. The predicted octanol–water partition coefficient (Wildman–Crippen LogP) is -0.532. The Morgan fingerprint density at radius 2 is 1.73 bits per heavy atom. The van der Waals surface area contributed by atoms with E-state index in [-0.39, 0.29) is 11.9 Å². The molecule has 0 atom stereocenters. The Kier molecular flexibility index (Phi) is 2.05. The van der Waals surface area contributed by atoms with Gasteiger partial charge in [-0.2, -0.15) is 15.0 Å². The first-order chi connectivity index (χ1) is 5.22. The zero-order valence-electron chi connectivity index (χ0n) is 6.20. The third kappa shape index (κ3) is 1.92. The second-order valence-corrected chi connectivity index (χ2v) is 1.91. The molecule has 0 bridgehead atoms. The zero-order chi connectivity index (χ0) is 8.27. The molecular weight excluding hydrogens is 144 g/mol. The molecule has 5 N–H and O–H groups in total. The molecule has 6 heteroatoms. The molecule has 1 aromatic rings. The second kappa shape index (κ2) is 3.00. The third-order valence-electron chi connectivity index (χ3n) is 1.00. The van der Waals surface area contributed by atoms with Gasteiger partial charge in [0.2, 0.25) is 17.8 Å². The zero-order valence-corrected chi connectivity index (χ0v) is 6.20. The van der Waals surface area contributed by atoms with Crippen molar-refractivity contribution in [3.8, 4) is 0 Å². The summed E-state index contributed by atoms with van der Waals surface area (Å²) in [7, 11) is 0. The summed E-state index contributed by atoms with van der Waals surface area (Å²) in [5, 5.41) is 2.87. The van der Waals surface area contributed by atoms with Crippen molar-refractivity contribution in [2.75, 3.05) is 23.3 Å². The van der Waals surface area contributed by atoms with Crippen LogP contribution in [-0.2, 0) is 0 Å². The molecule has 0 saturated carbocycles. The molecule has 0 aliphatic rings. The number of nitrogen functional groups attached to an aromatic ring is 2. The summed E-state index contributed by atoms with van der Waals surface area (Å²) < 4.78 is 0. The van der Waals surface area contributed by atoms with Crippen LogP contribution in [0.2, 0.25) is 0 Å². The molecule has 0 aliphatic heterocycles. The molecule has 0 radical (unpaired) electrons. The molecule has 60 valence electrons. The van der Waals surface area contributed by atoms with E-state index in [4.69, 9.17) is 11.5 Å². The minimum atomic E-state index is 0.133. The molecule has 1 aromatic heterocycles. The van der Waals surface area contributed by atoms with Gasteiger partial charge >= 0.3 is 0 Å². The molecular formula is C5H10N6. The van der Waals surface area contributed by atoms with Gasteiger partial charge in [-0.15, -0.1) is 0 Å². The summed E-state index contributed by atoms with van der Waals surface area (Å²) in [6, 6.07) is 0. The smallest absolute Gasteiger partial charge is 0.229 e. The summed E-state index contributed by atoms with van der Waals surface area (Å²) in [6.45, 7) is 2.65. The van der Waals surface area contributed by atoms with Crippen molar-refractivity contribution in [3.05, 3.63) is 0 Å². The second-order valence-electron chi connectivity index (χ2n) is 1.91. The minimum absolute atomic E-state index is 0.133. The van der Waals surface area contributed by atoms with E-state index in [2.05, 4.69) is 20.3 Å². The van der Waals surface area contributed by atoms with E-state index in [9.17, 15) is 0 Å². The van der Waals surface area contributed by atoms with Crippen LogP contribution in [0.1, 0.15) is 6.92 Å². The monoisotopic (exact) mass is 154 g/mol. The van der Waals surface area contributed by atoms with Crippen LogP contribution in [-0.4, -0.2) is 21.5 Å². The van der Waals surface area contributed by atoms with Crippen LogP contribution >= 0.6 is 0 Å². The highest BCUT2D eigenvalue weighted by Gasteiger charge is 1.97. The Balaban J connectivity index is 2.89. The molecule has 1 heterocycles. The number of nitrogens with zero attached hydrogens (tertiary/aromatic N) is 3. The SMILES string of the molecule is CCNc1nc(N)nc(N)n1. The van der Waals surface area contributed by atoms with Gasteiger partial charge in [-0.3, -0.25) is 0 Å². The van der Waals surface area contributed by atoms with Crippen molar-refractivity contribution in [3.63, 3.8) is 0 Å². The molecule has 0 aromatic carbocycles. The molecule has 0 amide bonds. The average molecular weight is 154 g/mol. The van der Waals surface area contributed by atoms with E-state index in [1.807, 2.05) is 6.92 Å². The largest absolute Gasteiger partial charge is 0.368 e. The van der Waals surface area contributed by atoms with E-state index in [0.29, 0.717) is 5.95 Å². The van der Waals surface area contributed by atoms with Crippen molar-refractivity contribution in [1.82, 2.24) is 15.0 Å². The van der Waals surface area contributed by atoms with Crippen LogP contribution < -0.4 is 16.8 Å². The topological polar surface area (TPSA) is 103 Å². The fourth-order valence-electron chi connectivity index (χ4n) is 0.647. The molecule has 0 saturated heterocycles. The summed E-state index contributed by atoms with van der Waals surface area (Å²) >= 11 is 0. The minimum Gasteiger partial charge on any atom is -0.368 e. The standard InChI is InChI=1S/C5H10N6/c1-2-8-5-10-3(6)9-4(7)11-5/h2H2,1H3,(H5,6,7,8,9,10,11). The van der Waals surface area contributed by atoms with Crippen LogP contribution in [0, 0.1) is 0 Å². The number of hydrogen-bond donors (Lipinski definition) is 3. The number of hydrogen-bond acceptors (Lipinski definition) is 6. The van der Waals surface area contributed by atoms with Crippen LogP contribution in [0.3, 0.4) is 0 Å². The number of rotatable bonds is 2. The van der Waals surface area contributed by atoms with Gasteiger partial charge in [0.25, 0.3) is 0 Å². The lowest BCUT2D eigenvalue weighted by molar-refractivity contribution is 1.04. The molecule has 1 rings (SSSR count). The maximum absolute atomic E-state index is 5.31. The Morgan fingerprint density at radius 1 is 1.18 bits per heavy atom. The predicted molar refractivity (Wildman–Crippen MR) is 42.8 cm³/mol. The molecule has 0 fully saturated rings. The highest BCUT2D eigenvalue weighted by Crippen LogP contribution is 2.01. The van der Waals surface area contributed by atoms with Gasteiger partial charge in [-0.25, -0.2) is 0 Å². The van der Waals surface area contributed by atoms with Gasteiger partial charge in [0.15, 0.2) is 0 Å². The Hall–Kier alpha value is -1.59. The van der Waals surface area contributed by atoms with Gasteiger partial charge in [-0.1, -0.05) is 0 Å². The Morgan fingerprint density at radius 3 is 2.18 bits per heavy atom. The van der Waals surface area contributed by atoms with Crippen LogP contribution in [0.4, 0.5) is 17.8 Å². The molecule has 0 spiro atoms. The van der Waals surface area contributed by atoms with E-state index < -0.39 is 0 Å². The summed E-state index contributed by atoms with van der Waals surface area (Å²) in [5.74, 6) is 0.680. The average Bonchev–Trinajstić information content (AvgIpc) is 1.85. The molecule has 0 aliphatic carbocycles. The maximum Gasteiger partial charge on any atom is 0.229 e. The number of nitrogens with one attached hydrogen (secondary N) is 1. The van der Waals surface area contributed by atoms with Crippen LogP contribution in [0.25, 0.3) is 0 Å². The lowest BCUT2D eigenvalue weighted by Crippen LogP contribution is -2.08. The first kappa shape index (κ1) is 7.52. The number of anilines is 3. The van der Waals surface area contributed by atoms with Gasteiger partial charge in [0.1, 0.15) is 0 Å². The van der Waals surface area contributed by atoms with Gasteiger partial charge in [-0.05, 0) is 6.92 Å². The van der Waals surface area contributed by atoms with Crippen molar-refractivity contribution >= 4 is 17.8 Å². The van der Waals surface area contributed by atoms with E-state index in [1.54, 1.807) is 0 Å². The quantitative estimate of drug-likeness (QED) is 0.529. The molecule has 11 heavy (non-hydrogen) atoms. The fraction of sp³-hybridized carbons (Fsp3) is 0.400. The van der Waals surface area contributed by atoms with E-state index in [1.165, 1.54) is 0 Å². The van der Waals surface area contributed by atoms with Gasteiger partial charge in [0, 0.05) is 6.54 Å².